The highest BCUT2D eigenvalue weighted by molar-refractivity contribution is 7.15. The molecular formula is C12H9F5N2S. The van der Waals surface area contributed by atoms with Crippen LogP contribution in [0.4, 0.5) is 27.1 Å². The first kappa shape index (κ1) is 14.7. The van der Waals surface area contributed by atoms with Gasteiger partial charge >= 0.3 is 6.18 Å². The summed E-state index contributed by atoms with van der Waals surface area (Å²) in [4.78, 5) is 4.31. The Hall–Kier alpha value is -1.70. The topological polar surface area (TPSA) is 16.1 Å². The number of anilines is 1. The molecule has 0 atom stereocenters. The molecule has 0 aliphatic rings. The van der Waals surface area contributed by atoms with Crippen LogP contribution in [-0.2, 0) is 12.7 Å². The highest BCUT2D eigenvalue weighted by Gasteiger charge is 2.33. The predicted molar refractivity (Wildman–Crippen MR) is 65.6 cm³/mol. The highest BCUT2D eigenvalue weighted by Crippen LogP contribution is 2.36. The van der Waals surface area contributed by atoms with Crippen LogP contribution in [0.2, 0.25) is 0 Å². The van der Waals surface area contributed by atoms with Gasteiger partial charge < -0.3 is 4.90 Å². The zero-order valence-corrected chi connectivity index (χ0v) is 11.0. The molecule has 0 fully saturated rings. The van der Waals surface area contributed by atoms with Crippen LogP contribution >= 0.6 is 11.3 Å². The molecule has 0 saturated heterocycles. The Labute approximate surface area is 115 Å². The molecule has 8 heteroatoms. The van der Waals surface area contributed by atoms with Crippen molar-refractivity contribution in [1.82, 2.24) is 4.98 Å². The van der Waals surface area contributed by atoms with Gasteiger partial charge in [-0.2, -0.15) is 13.2 Å². The molecule has 2 nitrogen and oxygen atoms in total. The molecule has 1 aromatic heterocycles. The standard InChI is InChI=1S/C12H9F5N2S/c1-19(6-7-2-3-8(13)9(14)4-7)11-18-5-10(20-11)12(15,16)17/h2-5H,6H2,1H3. The summed E-state index contributed by atoms with van der Waals surface area (Å²) in [7, 11) is 1.53. The minimum Gasteiger partial charge on any atom is -0.347 e. The number of hydrogen-bond acceptors (Lipinski definition) is 3. The van der Waals surface area contributed by atoms with Gasteiger partial charge in [-0.25, -0.2) is 13.8 Å². The van der Waals surface area contributed by atoms with Crippen LogP contribution in [0.15, 0.2) is 24.4 Å². The molecule has 0 N–H and O–H groups in total. The normalized spacial score (nSPS) is 11.7. The third-order valence-electron chi connectivity index (χ3n) is 2.50. The second-order valence-corrected chi connectivity index (χ2v) is 5.12. The molecule has 2 aromatic rings. The van der Waals surface area contributed by atoms with E-state index in [2.05, 4.69) is 4.98 Å². The summed E-state index contributed by atoms with van der Waals surface area (Å²) in [6, 6.07) is 3.35. The highest BCUT2D eigenvalue weighted by atomic mass is 32.1. The zero-order valence-electron chi connectivity index (χ0n) is 10.2. The van der Waals surface area contributed by atoms with Crippen molar-refractivity contribution in [3.63, 3.8) is 0 Å². The van der Waals surface area contributed by atoms with Gasteiger partial charge in [0.2, 0.25) is 0 Å². The number of rotatable bonds is 3. The van der Waals surface area contributed by atoms with Gasteiger partial charge in [0, 0.05) is 13.6 Å². The number of hydrogen-bond donors (Lipinski definition) is 0. The van der Waals surface area contributed by atoms with E-state index in [1.54, 1.807) is 0 Å². The van der Waals surface area contributed by atoms with E-state index in [9.17, 15) is 22.0 Å². The van der Waals surface area contributed by atoms with Crippen LogP contribution in [0.1, 0.15) is 10.4 Å². The molecule has 0 amide bonds. The maximum absolute atomic E-state index is 13.0. The van der Waals surface area contributed by atoms with E-state index < -0.39 is 22.7 Å². The minimum atomic E-state index is -4.43. The molecule has 108 valence electrons. The maximum Gasteiger partial charge on any atom is 0.427 e. The van der Waals surface area contributed by atoms with Crippen LogP contribution < -0.4 is 4.90 Å². The number of thiazole rings is 1. The van der Waals surface area contributed by atoms with Gasteiger partial charge in [-0.05, 0) is 17.7 Å². The summed E-state index contributed by atoms with van der Waals surface area (Å²) in [5, 5.41) is 0.155. The minimum absolute atomic E-state index is 0.127. The number of halogens is 5. The molecule has 2 rings (SSSR count). The van der Waals surface area contributed by atoms with Crippen molar-refractivity contribution in [2.24, 2.45) is 0 Å². The van der Waals surface area contributed by atoms with Crippen molar-refractivity contribution in [3.05, 3.63) is 46.5 Å². The summed E-state index contributed by atoms with van der Waals surface area (Å²) in [5.41, 5.74) is 0.440. The zero-order chi connectivity index (χ0) is 14.9. The van der Waals surface area contributed by atoms with Gasteiger partial charge in [0.25, 0.3) is 0 Å². The molecule has 0 spiro atoms. The Balaban J connectivity index is 2.13. The van der Waals surface area contributed by atoms with Crippen molar-refractivity contribution in [2.45, 2.75) is 12.7 Å². The first-order valence-corrected chi connectivity index (χ1v) is 6.27. The van der Waals surface area contributed by atoms with Gasteiger partial charge in [0.15, 0.2) is 16.8 Å². The lowest BCUT2D eigenvalue weighted by Crippen LogP contribution is -2.16. The average Bonchev–Trinajstić information content (AvgIpc) is 2.83. The third kappa shape index (κ3) is 3.24. The summed E-state index contributed by atoms with van der Waals surface area (Å²) >= 11 is 0.497. The Morgan fingerprint density at radius 2 is 1.90 bits per heavy atom. The fourth-order valence-corrected chi connectivity index (χ4v) is 2.30. The number of alkyl halides is 3. The Bertz CT molecular complexity index is 608. The molecular weight excluding hydrogens is 299 g/mol. The van der Waals surface area contributed by atoms with Gasteiger partial charge in [-0.3, -0.25) is 0 Å². The monoisotopic (exact) mass is 308 g/mol. The van der Waals surface area contributed by atoms with E-state index in [0.717, 1.165) is 18.3 Å². The smallest absolute Gasteiger partial charge is 0.347 e. The van der Waals surface area contributed by atoms with Gasteiger partial charge in [-0.1, -0.05) is 17.4 Å². The van der Waals surface area contributed by atoms with Crippen LogP contribution in [0, 0.1) is 11.6 Å². The van der Waals surface area contributed by atoms with E-state index >= 15 is 0 Å². The van der Waals surface area contributed by atoms with Crippen molar-refractivity contribution < 1.29 is 22.0 Å². The predicted octanol–water partition coefficient (Wildman–Crippen LogP) is 4.08. The van der Waals surface area contributed by atoms with E-state index in [4.69, 9.17) is 0 Å². The average molecular weight is 308 g/mol. The van der Waals surface area contributed by atoms with Crippen molar-refractivity contribution >= 4 is 16.5 Å². The van der Waals surface area contributed by atoms with Crippen LogP contribution in [-0.4, -0.2) is 12.0 Å². The lowest BCUT2D eigenvalue weighted by atomic mass is 10.2. The first-order chi connectivity index (χ1) is 9.27. The SMILES string of the molecule is CN(Cc1ccc(F)c(F)c1)c1ncc(C(F)(F)F)s1. The lowest BCUT2D eigenvalue weighted by molar-refractivity contribution is -0.134. The van der Waals surface area contributed by atoms with Crippen LogP contribution in [0.5, 0.6) is 0 Å². The Morgan fingerprint density at radius 1 is 1.20 bits per heavy atom. The number of aromatic nitrogens is 1. The number of benzene rings is 1. The second-order valence-electron chi connectivity index (χ2n) is 4.11. The summed E-state index contributed by atoms with van der Waals surface area (Å²) in [6.45, 7) is 0.127. The summed E-state index contributed by atoms with van der Waals surface area (Å²) < 4.78 is 63.2. The van der Waals surface area contributed by atoms with E-state index in [0.29, 0.717) is 16.9 Å². The molecule has 0 aliphatic heterocycles. The first-order valence-electron chi connectivity index (χ1n) is 5.45. The van der Waals surface area contributed by atoms with Gasteiger partial charge in [0.05, 0.1) is 6.20 Å². The summed E-state index contributed by atoms with van der Waals surface area (Å²) in [6.07, 6.45) is -3.68. The second kappa shape index (κ2) is 5.35. The number of nitrogens with zero attached hydrogens (tertiary/aromatic N) is 2. The molecule has 20 heavy (non-hydrogen) atoms. The Morgan fingerprint density at radius 3 is 2.45 bits per heavy atom. The quantitative estimate of drug-likeness (QED) is 0.794. The molecule has 0 aliphatic carbocycles. The van der Waals surface area contributed by atoms with Gasteiger partial charge in [0.1, 0.15) is 4.88 Å². The maximum atomic E-state index is 13.0. The lowest BCUT2D eigenvalue weighted by Gasteiger charge is -2.15. The molecule has 1 heterocycles. The summed E-state index contributed by atoms with van der Waals surface area (Å²) in [5.74, 6) is -1.96. The van der Waals surface area contributed by atoms with E-state index in [1.165, 1.54) is 18.0 Å². The van der Waals surface area contributed by atoms with E-state index in [-0.39, 0.29) is 11.7 Å². The van der Waals surface area contributed by atoms with E-state index in [1.807, 2.05) is 0 Å². The molecule has 1 aromatic carbocycles. The van der Waals surface area contributed by atoms with Crippen molar-refractivity contribution in [1.29, 1.82) is 0 Å². The fraction of sp³-hybridized carbons (Fsp3) is 0.250. The molecule has 0 unspecified atom stereocenters. The fourth-order valence-electron chi connectivity index (χ4n) is 1.55. The van der Waals surface area contributed by atoms with Crippen LogP contribution in [0.25, 0.3) is 0 Å². The van der Waals surface area contributed by atoms with Crippen molar-refractivity contribution in [2.75, 3.05) is 11.9 Å². The van der Waals surface area contributed by atoms with Crippen molar-refractivity contribution in [3.8, 4) is 0 Å². The largest absolute Gasteiger partial charge is 0.427 e. The third-order valence-corrected chi connectivity index (χ3v) is 3.66. The molecule has 0 radical (unpaired) electrons. The molecule has 0 bridgehead atoms. The van der Waals surface area contributed by atoms with Gasteiger partial charge in [-0.15, -0.1) is 0 Å². The van der Waals surface area contributed by atoms with Crippen LogP contribution in [0.3, 0.4) is 0 Å². The Kier molecular flexibility index (Phi) is 3.94. The molecule has 0 saturated carbocycles.